The maximum atomic E-state index is 13.7. The Morgan fingerprint density at radius 1 is 1.15 bits per heavy atom. The van der Waals surface area contributed by atoms with Gasteiger partial charge in [0, 0.05) is 32.0 Å². The lowest BCUT2D eigenvalue weighted by Gasteiger charge is -2.40. The van der Waals surface area contributed by atoms with E-state index >= 15 is 0 Å². The fraction of sp³-hybridized carbons (Fsp3) is 0.483. The number of rotatable bonds is 6. The van der Waals surface area contributed by atoms with Gasteiger partial charge in [0.05, 0.1) is 38.1 Å². The number of alkyl halides is 3. The number of anilines is 2. The molecule has 40 heavy (non-hydrogen) atoms. The normalized spacial score (nSPS) is 24.5. The molecule has 0 aliphatic carbocycles. The Morgan fingerprint density at radius 2 is 1.88 bits per heavy atom. The maximum absolute atomic E-state index is 13.7. The molecule has 0 radical (unpaired) electrons. The number of hydrogen-bond acceptors (Lipinski definition) is 6. The largest absolute Gasteiger partial charge is 0.437 e. The first-order valence-corrected chi connectivity index (χ1v) is 13.7. The summed E-state index contributed by atoms with van der Waals surface area (Å²) >= 11 is 0. The second kappa shape index (κ2) is 11.2. The number of oxazole rings is 1. The number of pyridine rings is 1. The Morgan fingerprint density at radius 3 is 2.50 bits per heavy atom. The number of halogens is 3. The third kappa shape index (κ3) is 6.00. The van der Waals surface area contributed by atoms with E-state index in [0.717, 1.165) is 50.2 Å². The molecule has 3 aromatic rings. The van der Waals surface area contributed by atoms with E-state index in [1.165, 1.54) is 6.20 Å². The molecule has 2 atom stereocenters. The van der Waals surface area contributed by atoms with Crippen LogP contribution in [0.1, 0.15) is 60.5 Å². The first kappa shape index (κ1) is 28.1. The van der Waals surface area contributed by atoms with Gasteiger partial charge in [-0.05, 0) is 36.3 Å². The number of aliphatic hydroxyl groups is 1. The number of carbonyl (C=O) groups is 1. The van der Waals surface area contributed by atoms with Crippen LogP contribution in [0.25, 0.3) is 0 Å². The molecule has 214 valence electrons. The zero-order valence-corrected chi connectivity index (χ0v) is 22.7. The van der Waals surface area contributed by atoms with E-state index in [0.29, 0.717) is 23.5 Å². The van der Waals surface area contributed by atoms with Gasteiger partial charge in [0.15, 0.2) is 5.69 Å². The van der Waals surface area contributed by atoms with E-state index in [-0.39, 0.29) is 17.6 Å². The highest BCUT2D eigenvalue weighted by Crippen LogP contribution is 2.37. The zero-order chi connectivity index (χ0) is 28.5. The lowest BCUT2D eigenvalue weighted by molar-refractivity contribution is -0.141. The molecule has 8 nitrogen and oxygen atoms in total. The monoisotopic (exact) mass is 558 g/mol. The molecule has 0 saturated carbocycles. The van der Waals surface area contributed by atoms with Crippen LogP contribution in [-0.2, 0) is 6.18 Å². The summed E-state index contributed by atoms with van der Waals surface area (Å²) in [4.78, 5) is 22.7. The Bertz CT molecular complexity index is 1300. The zero-order valence-electron chi connectivity index (χ0n) is 22.7. The van der Waals surface area contributed by atoms with Gasteiger partial charge in [0.1, 0.15) is 0 Å². The lowest BCUT2D eigenvalue weighted by atomic mass is 9.86. The van der Waals surface area contributed by atoms with E-state index in [4.69, 9.17) is 4.42 Å². The van der Waals surface area contributed by atoms with Crippen molar-refractivity contribution in [2.75, 3.05) is 43.4 Å². The molecule has 0 bridgehead atoms. The van der Waals surface area contributed by atoms with Crippen LogP contribution in [0.3, 0.4) is 0 Å². The van der Waals surface area contributed by atoms with Crippen LogP contribution < -0.4 is 14.7 Å². The van der Waals surface area contributed by atoms with Crippen LogP contribution in [-0.4, -0.2) is 54.2 Å². The number of benzene rings is 1. The van der Waals surface area contributed by atoms with Gasteiger partial charge in [-0.2, -0.15) is 18.2 Å². The van der Waals surface area contributed by atoms with Gasteiger partial charge in [0.2, 0.25) is 11.6 Å². The second-order valence-corrected chi connectivity index (χ2v) is 11.3. The van der Waals surface area contributed by atoms with Crippen molar-refractivity contribution < 1.29 is 27.5 Å². The molecule has 2 aliphatic rings. The van der Waals surface area contributed by atoms with E-state index < -0.39 is 29.6 Å². The highest BCUT2D eigenvalue weighted by Gasteiger charge is 2.42. The smallest absolute Gasteiger partial charge is 0.417 e. The number of nitrogens with one attached hydrogen (secondary N) is 1. The molecule has 2 unspecified atom stereocenters. The Balaban J connectivity index is 1.25. The summed E-state index contributed by atoms with van der Waals surface area (Å²) in [7, 11) is 2.07. The molecule has 2 saturated heterocycles. The fourth-order valence-electron chi connectivity index (χ4n) is 5.75. The summed E-state index contributed by atoms with van der Waals surface area (Å²) in [6.07, 6.45) is -0.483. The summed E-state index contributed by atoms with van der Waals surface area (Å²) in [5.74, 6) is -0.663. The van der Waals surface area contributed by atoms with Gasteiger partial charge >= 0.3 is 6.18 Å². The van der Waals surface area contributed by atoms with Crippen LogP contribution in [0, 0.1) is 11.8 Å². The first-order valence-electron chi connectivity index (χ1n) is 13.7. The minimum absolute atomic E-state index is 0.148. The van der Waals surface area contributed by atoms with Gasteiger partial charge in [0.25, 0.3) is 11.9 Å². The first-order chi connectivity index (χ1) is 19.0. The SMILES string of the molecule is CC1CCCN(c2nc(C(F)(F)F)c(C(=O)Nc3ccc([N+]4(C)CCC(C(O)c5ccccc5)CC4)nc3)o2)C1. The van der Waals surface area contributed by atoms with E-state index in [2.05, 4.69) is 22.3 Å². The molecule has 1 amide bonds. The molecule has 2 aliphatic heterocycles. The molecule has 5 rings (SSSR count). The van der Waals surface area contributed by atoms with Crippen molar-refractivity contribution in [1.29, 1.82) is 0 Å². The van der Waals surface area contributed by atoms with Gasteiger partial charge in [-0.1, -0.05) is 37.3 Å². The number of nitrogens with zero attached hydrogens (tertiary/aromatic N) is 4. The molecule has 11 heteroatoms. The topological polar surface area (TPSA) is 91.5 Å². The van der Waals surface area contributed by atoms with Crippen molar-refractivity contribution in [2.24, 2.45) is 11.8 Å². The summed E-state index contributed by atoms with van der Waals surface area (Å²) in [6.45, 7) is 4.62. The summed E-state index contributed by atoms with van der Waals surface area (Å²) in [6, 6.07) is 12.9. The Kier molecular flexibility index (Phi) is 7.87. The molecular formula is C29H35F3N5O3+. The Hall–Kier alpha value is -3.44. The van der Waals surface area contributed by atoms with Crippen molar-refractivity contribution in [2.45, 2.75) is 44.9 Å². The highest BCUT2D eigenvalue weighted by molar-refractivity contribution is 6.03. The molecule has 2 fully saturated rings. The minimum atomic E-state index is -4.84. The number of carbonyl (C=O) groups excluding carboxylic acids is 1. The third-order valence-electron chi connectivity index (χ3n) is 8.15. The summed E-state index contributed by atoms with van der Waals surface area (Å²) < 4.78 is 47.1. The fourth-order valence-corrected chi connectivity index (χ4v) is 5.75. The lowest BCUT2D eigenvalue weighted by Crippen LogP contribution is -2.52. The maximum Gasteiger partial charge on any atom is 0.437 e. The standard InChI is InChI=1S/C29H34F3N5O3/c1-19-7-6-14-36(18-19)28-35-26(29(30,31)32)25(40-28)27(39)34-22-10-11-23(33-17-22)37(2)15-12-21(13-16-37)24(38)20-8-4-3-5-9-20/h3-5,8-11,17,19,21,24,38H,6-7,12-16,18H2,1-2H3/p+1. The molecular weight excluding hydrogens is 523 g/mol. The third-order valence-corrected chi connectivity index (χ3v) is 8.15. The van der Waals surface area contributed by atoms with Crippen LogP contribution >= 0.6 is 0 Å². The minimum Gasteiger partial charge on any atom is -0.417 e. The number of piperidine rings is 2. The molecule has 0 spiro atoms. The van der Waals surface area contributed by atoms with E-state index in [1.54, 1.807) is 17.0 Å². The van der Waals surface area contributed by atoms with Gasteiger partial charge in [-0.25, -0.2) is 4.98 Å². The molecule has 2 N–H and O–H groups in total. The van der Waals surface area contributed by atoms with Crippen LogP contribution in [0.4, 0.5) is 30.7 Å². The number of aliphatic hydroxyl groups excluding tert-OH is 1. The van der Waals surface area contributed by atoms with Crippen LogP contribution in [0.5, 0.6) is 0 Å². The average molecular weight is 559 g/mol. The number of likely N-dealkylation sites (tertiary alicyclic amines) is 1. The average Bonchev–Trinajstić information content (AvgIpc) is 3.41. The molecule has 4 heterocycles. The van der Waals surface area contributed by atoms with Crippen molar-refractivity contribution in [3.63, 3.8) is 0 Å². The van der Waals surface area contributed by atoms with E-state index in [9.17, 15) is 23.1 Å². The number of quaternary nitrogens is 1. The summed E-state index contributed by atoms with van der Waals surface area (Å²) in [5, 5.41) is 13.3. The van der Waals surface area contributed by atoms with Crippen molar-refractivity contribution in [1.82, 2.24) is 14.5 Å². The van der Waals surface area contributed by atoms with Crippen molar-refractivity contribution >= 4 is 23.4 Å². The van der Waals surface area contributed by atoms with Crippen LogP contribution in [0.15, 0.2) is 53.1 Å². The predicted molar refractivity (Wildman–Crippen MR) is 146 cm³/mol. The molecule has 2 aromatic heterocycles. The molecule has 1 aromatic carbocycles. The van der Waals surface area contributed by atoms with Gasteiger partial charge in [-0.15, -0.1) is 0 Å². The van der Waals surface area contributed by atoms with Gasteiger partial charge in [-0.3, -0.25) is 9.28 Å². The van der Waals surface area contributed by atoms with Crippen molar-refractivity contribution in [3.8, 4) is 0 Å². The second-order valence-electron chi connectivity index (χ2n) is 11.3. The van der Waals surface area contributed by atoms with E-state index in [1.807, 2.05) is 37.3 Å². The number of hydrogen-bond donors (Lipinski definition) is 2. The van der Waals surface area contributed by atoms with Crippen LogP contribution in [0.2, 0.25) is 0 Å². The predicted octanol–water partition coefficient (Wildman–Crippen LogP) is 5.66. The highest BCUT2D eigenvalue weighted by atomic mass is 19.4. The Labute approximate surface area is 231 Å². The number of amides is 1. The van der Waals surface area contributed by atoms with Crippen molar-refractivity contribution in [3.05, 3.63) is 65.7 Å². The van der Waals surface area contributed by atoms with Gasteiger partial charge < -0.3 is 19.7 Å². The quantitative estimate of drug-likeness (QED) is 0.380. The summed E-state index contributed by atoms with van der Waals surface area (Å²) in [5.41, 5.74) is -0.159. The number of aromatic nitrogens is 2.